The Morgan fingerprint density at radius 2 is 1.63 bits per heavy atom. The van der Waals surface area contributed by atoms with Crippen molar-refractivity contribution in [2.45, 2.75) is 13.0 Å². The Morgan fingerprint density at radius 1 is 1.00 bits per heavy atom. The summed E-state index contributed by atoms with van der Waals surface area (Å²) in [6.45, 7) is 1.64. The second-order valence-corrected chi connectivity index (χ2v) is 4.98. The van der Waals surface area contributed by atoms with Gasteiger partial charge in [0.25, 0.3) is 0 Å². The zero-order valence-electron chi connectivity index (χ0n) is 10.1. The van der Waals surface area contributed by atoms with E-state index in [0.717, 1.165) is 0 Å². The monoisotopic (exact) mass is 329 g/mol. The summed E-state index contributed by atoms with van der Waals surface area (Å²) in [6, 6.07) is 7.46. The molecule has 0 amide bonds. The van der Waals surface area contributed by atoms with Crippen molar-refractivity contribution < 1.29 is 13.2 Å². The molecule has 1 nitrogen and oxygen atoms in total. The van der Waals surface area contributed by atoms with E-state index in [1.807, 2.05) is 0 Å². The highest BCUT2D eigenvalue weighted by molar-refractivity contribution is 9.10. The number of benzene rings is 2. The fourth-order valence-electron chi connectivity index (χ4n) is 1.83. The van der Waals surface area contributed by atoms with Crippen LogP contribution in [0.3, 0.4) is 0 Å². The van der Waals surface area contributed by atoms with Crippen molar-refractivity contribution in [2.24, 2.45) is 0 Å². The van der Waals surface area contributed by atoms with Gasteiger partial charge in [-0.15, -0.1) is 0 Å². The van der Waals surface area contributed by atoms with Crippen molar-refractivity contribution in [1.29, 1.82) is 0 Å². The molecule has 2 aromatic rings. The van der Waals surface area contributed by atoms with Gasteiger partial charge in [-0.2, -0.15) is 0 Å². The van der Waals surface area contributed by atoms with Crippen molar-refractivity contribution >= 4 is 21.6 Å². The van der Waals surface area contributed by atoms with Gasteiger partial charge in [-0.25, -0.2) is 13.2 Å². The van der Waals surface area contributed by atoms with E-state index < -0.39 is 23.5 Å². The first kappa shape index (κ1) is 13.9. The molecule has 0 saturated carbocycles. The lowest BCUT2D eigenvalue weighted by Gasteiger charge is -2.17. The molecule has 0 aliphatic rings. The number of hydrogen-bond donors (Lipinski definition) is 1. The van der Waals surface area contributed by atoms with Gasteiger partial charge in [-0.05, 0) is 53.2 Å². The van der Waals surface area contributed by atoms with E-state index >= 15 is 0 Å². The fraction of sp³-hybridized carbons (Fsp3) is 0.143. The van der Waals surface area contributed by atoms with E-state index in [-0.39, 0.29) is 5.56 Å². The third-order valence-electron chi connectivity index (χ3n) is 2.74. The minimum atomic E-state index is -0.610. The van der Waals surface area contributed by atoms with Gasteiger partial charge in [-0.3, -0.25) is 0 Å². The van der Waals surface area contributed by atoms with Crippen molar-refractivity contribution in [1.82, 2.24) is 0 Å². The summed E-state index contributed by atoms with van der Waals surface area (Å²) >= 11 is 3.06. The van der Waals surface area contributed by atoms with E-state index in [0.29, 0.717) is 10.2 Å². The lowest BCUT2D eigenvalue weighted by molar-refractivity contribution is 0.544. The molecule has 1 atom stereocenters. The minimum Gasteiger partial charge on any atom is -0.378 e. The number of nitrogens with one attached hydrogen (secondary N) is 1. The number of rotatable bonds is 3. The van der Waals surface area contributed by atoms with Crippen LogP contribution in [0.5, 0.6) is 0 Å². The molecule has 0 fully saturated rings. The van der Waals surface area contributed by atoms with Crippen molar-refractivity contribution in [3.63, 3.8) is 0 Å². The van der Waals surface area contributed by atoms with E-state index in [2.05, 4.69) is 21.2 Å². The Labute approximate surface area is 117 Å². The molecule has 0 spiro atoms. The van der Waals surface area contributed by atoms with Crippen molar-refractivity contribution in [2.75, 3.05) is 5.32 Å². The average Bonchev–Trinajstić information content (AvgIpc) is 2.33. The molecule has 2 rings (SSSR count). The van der Waals surface area contributed by atoms with Crippen molar-refractivity contribution in [3.8, 4) is 0 Å². The molecule has 1 N–H and O–H groups in total. The van der Waals surface area contributed by atoms with Crippen LogP contribution in [0.2, 0.25) is 0 Å². The van der Waals surface area contributed by atoms with Gasteiger partial charge < -0.3 is 5.32 Å². The summed E-state index contributed by atoms with van der Waals surface area (Å²) in [5.41, 5.74) is 0.534. The van der Waals surface area contributed by atoms with E-state index in [1.165, 1.54) is 36.4 Å². The molecule has 0 bridgehead atoms. The van der Waals surface area contributed by atoms with Gasteiger partial charge in [0.2, 0.25) is 0 Å². The molecular weight excluding hydrogens is 319 g/mol. The summed E-state index contributed by atoms with van der Waals surface area (Å²) in [5, 5.41) is 2.93. The standard InChI is InChI=1S/C14H11BrF3N/c1-8(14-12(17)3-2-4-13(14)18)19-9-5-6-11(16)10(15)7-9/h2-8,19H,1H3. The normalized spacial score (nSPS) is 12.3. The molecule has 0 heterocycles. The SMILES string of the molecule is CC(Nc1ccc(F)c(Br)c1)c1c(F)cccc1F. The summed E-state index contributed by atoms with van der Waals surface area (Å²) in [4.78, 5) is 0. The van der Waals surface area contributed by atoms with Crippen LogP contribution in [-0.4, -0.2) is 0 Å². The van der Waals surface area contributed by atoms with E-state index in [4.69, 9.17) is 0 Å². The van der Waals surface area contributed by atoms with Crippen LogP contribution in [0.25, 0.3) is 0 Å². The third kappa shape index (κ3) is 3.10. The van der Waals surface area contributed by atoms with E-state index in [9.17, 15) is 13.2 Å². The predicted octanol–water partition coefficient (Wildman–Crippen LogP) is 5.04. The van der Waals surface area contributed by atoms with E-state index in [1.54, 1.807) is 6.92 Å². The lowest BCUT2D eigenvalue weighted by atomic mass is 10.1. The maximum Gasteiger partial charge on any atom is 0.137 e. The average molecular weight is 330 g/mol. The molecule has 0 radical (unpaired) electrons. The summed E-state index contributed by atoms with van der Waals surface area (Å²) in [6.07, 6.45) is 0. The Morgan fingerprint density at radius 3 is 2.21 bits per heavy atom. The highest BCUT2D eigenvalue weighted by Gasteiger charge is 2.16. The number of anilines is 1. The number of hydrogen-bond acceptors (Lipinski definition) is 1. The molecule has 100 valence electrons. The molecule has 19 heavy (non-hydrogen) atoms. The molecule has 2 aromatic carbocycles. The molecular formula is C14H11BrF3N. The topological polar surface area (TPSA) is 12.0 Å². The summed E-state index contributed by atoms with van der Waals surface area (Å²) in [5.74, 6) is -1.61. The Balaban J connectivity index is 2.25. The second-order valence-electron chi connectivity index (χ2n) is 4.13. The van der Waals surface area contributed by atoms with Crippen LogP contribution in [-0.2, 0) is 0 Å². The zero-order chi connectivity index (χ0) is 14.0. The first-order valence-electron chi connectivity index (χ1n) is 5.64. The van der Waals surface area contributed by atoms with Gasteiger partial charge in [0.15, 0.2) is 0 Å². The summed E-state index contributed by atoms with van der Waals surface area (Å²) < 4.78 is 40.6. The van der Waals surface area contributed by atoms with Crippen LogP contribution in [0.15, 0.2) is 40.9 Å². The first-order chi connectivity index (χ1) is 8.99. The molecule has 1 unspecified atom stereocenters. The molecule has 0 saturated heterocycles. The van der Waals surface area contributed by atoms with Gasteiger partial charge in [0, 0.05) is 11.3 Å². The zero-order valence-corrected chi connectivity index (χ0v) is 11.6. The van der Waals surface area contributed by atoms with Crippen molar-refractivity contribution in [3.05, 3.63) is 63.9 Å². The van der Waals surface area contributed by atoms with Gasteiger partial charge in [0.1, 0.15) is 17.5 Å². The Kier molecular flexibility index (Phi) is 4.14. The van der Waals surface area contributed by atoms with Crippen LogP contribution in [0.1, 0.15) is 18.5 Å². The summed E-state index contributed by atoms with van der Waals surface area (Å²) in [7, 11) is 0. The molecule has 0 aliphatic carbocycles. The Bertz CT molecular complexity index is 581. The van der Waals surface area contributed by atoms with Gasteiger partial charge in [0.05, 0.1) is 10.5 Å². The smallest absolute Gasteiger partial charge is 0.137 e. The highest BCUT2D eigenvalue weighted by atomic mass is 79.9. The molecule has 0 aliphatic heterocycles. The van der Waals surface area contributed by atoms with Crippen LogP contribution in [0, 0.1) is 17.5 Å². The maximum absolute atomic E-state index is 13.6. The van der Waals surface area contributed by atoms with Crippen LogP contribution < -0.4 is 5.32 Å². The van der Waals surface area contributed by atoms with Crippen LogP contribution >= 0.6 is 15.9 Å². The van der Waals surface area contributed by atoms with Gasteiger partial charge >= 0.3 is 0 Å². The largest absolute Gasteiger partial charge is 0.378 e. The maximum atomic E-state index is 13.6. The molecule has 5 heteroatoms. The van der Waals surface area contributed by atoms with Crippen LogP contribution in [0.4, 0.5) is 18.9 Å². The lowest BCUT2D eigenvalue weighted by Crippen LogP contribution is -2.10. The third-order valence-corrected chi connectivity index (χ3v) is 3.34. The fourth-order valence-corrected chi connectivity index (χ4v) is 2.21. The predicted molar refractivity (Wildman–Crippen MR) is 72.5 cm³/mol. The Hall–Kier alpha value is -1.49. The first-order valence-corrected chi connectivity index (χ1v) is 6.44. The molecule has 0 aromatic heterocycles. The minimum absolute atomic E-state index is 0.0389. The quantitative estimate of drug-likeness (QED) is 0.831. The number of halogens is 4. The van der Waals surface area contributed by atoms with Gasteiger partial charge in [-0.1, -0.05) is 6.07 Å². The highest BCUT2D eigenvalue weighted by Crippen LogP contribution is 2.26. The second kappa shape index (κ2) is 5.65.